The number of hydrogen-bond acceptors (Lipinski definition) is 6. The lowest BCUT2D eigenvalue weighted by molar-refractivity contribution is -0.276. The molecule has 7 nitrogen and oxygen atoms in total. The average Bonchev–Trinajstić information content (AvgIpc) is 3.07. The molecule has 7 heteroatoms. The van der Waals surface area contributed by atoms with E-state index in [1.165, 1.54) is 83.1 Å². The van der Waals surface area contributed by atoms with Gasteiger partial charge < -0.3 is 24.2 Å². The number of aliphatic hydroxyl groups is 1. The van der Waals surface area contributed by atoms with Gasteiger partial charge in [-0.05, 0) is 49.2 Å². The zero-order valence-electron chi connectivity index (χ0n) is 28.8. The molecule has 0 radical (unpaired) electrons. The van der Waals surface area contributed by atoms with Crippen LogP contribution in [-0.2, 0) is 20.8 Å². The number of hydrogen-bond donors (Lipinski definition) is 2. The molecule has 0 aromatic heterocycles. The highest BCUT2D eigenvalue weighted by molar-refractivity contribution is 5.84. The fourth-order valence-corrected chi connectivity index (χ4v) is 6.16. The molecule has 46 heavy (non-hydrogen) atoms. The minimum atomic E-state index is -0.598. The highest BCUT2D eigenvalue weighted by Crippen LogP contribution is 2.42. The van der Waals surface area contributed by atoms with Crippen molar-refractivity contribution in [2.24, 2.45) is 5.92 Å². The van der Waals surface area contributed by atoms with E-state index in [1.807, 2.05) is 36.4 Å². The van der Waals surface area contributed by atoms with Gasteiger partial charge in [0.05, 0.1) is 18.8 Å². The molecule has 4 atom stereocenters. The van der Waals surface area contributed by atoms with Crippen molar-refractivity contribution < 1.29 is 24.1 Å². The molecule has 0 bridgehead atoms. The molecule has 0 unspecified atom stereocenters. The van der Waals surface area contributed by atoms with E-state index < -0.39 is 12.4 Å². The first kappa shape index (κ1) is 37.7. The van der Waals surface area contributed by atoms with E-state index in [4.69, 9.17) is 14.2 Å². The van der Waals surface area contributed by atoms with Crippen LogP contribution in [0.25, 0.3) is 0 Å². The van der Waals surface area contributed by atoms with Gasteiger partial charge in [-0.1, -0.05) is 134 Å². The van der Waals surface area contributed by atoms with Gasteiger partial charge in [0.1, 0.15) is 6.61 Å². The molecule has 1 aliphatic rings. The molecule has 3 rings (SSSR count). The molecule has 1 fully saturated rings. The molecule has 1 amide bonds. The Labute approximate surface area is 278 Å². The number of nitrogens with one attached hydrogen (secondary N) is 1. The quantitative estimate of drug-likeness (QED) is 0.0989. The molecule has 1 heterocycles. The summed E-state index contributed by atoms with van der Waals surface area (Å²) in [5.74, 6) is 0.114. The van der Waals surface area contributed by atoms with Crippen LogP contribution in [0.15, 0.2) is 61.2 Å². The number of benzene rings is 2. The Morgan fingerprint density at radius 2 is 1.52 bits per heavy atom. The van der Waals surface area contributed by atoms with Crippen molar-refractivity contribution in [2.45, 2.75) is 123 Å². The monoisotopic (exact) mass is 636 g/mol. The van der Waals surface area contributed by atoms with Gasteiger partial charge in [-0.2, -0.15) is 0 Å². The average molecular weight is 637 g/mol. The van der Waals surface area contributed by atoms with Gasteiger partial charge in [0, 0.05) is 23.7 Å². The SMILES string of the molecule is C=CCOC(=O)Nc1cccc([C@H]2O[C@@H](CN(CCCCCCCC)CCCCCCCC)[C@@H](C)[C@@H](c3ccc(CO)cc3)O2)c1. The predicted molar refractivity (Wildman–Crippen MR) is 188 cm³/mol. The number of nitrogens with zero attached hydrogens (tertiary/aromatic N) is 1. The first-order valence-electron chi connectivity index (χ1n) is 17.9. The molecule has 1 aliphatic heterocycles. The van der Waals surface area contributed by atoms with Crippen molar-refractivity contribution in [3.63, 3.8) is 0 Å². The summed E-state index contributed by atoms with van der Waals surface area (Å²) in [5.41, 5.74) is 3.41. The number of rotatable bonds is 22. The fourth-order valence-electron chi connectivity index (χ4n) is 6.16. The van der Waals surface area contributed by atoms with E-state index >= 15 is 0 Å². The molecule has 2 aromatic rings. The number of anilines is 1. The molecule has 2 aromatic carbocycles. The Bertz CT molecular complexity index is 1110. The Kier molecular flexibility index (Phi) is 18.0. The lowest BCUT2D eigenvalue weighted by Gasteiger charge is -2.43. The summed E-state index contributed by atoms with van der Waals surface area (Å²) in [6.45, 7) is 13.5. The minimum Gasteiger partial charge on any atom is -0.445 e. The number of carbonyl (C=O) groups is 1. The lowest BCUT2D eigenvalue weighted by atomic mass is 9.90. The van der Waals surface area contributed by atoms with Gasteiger partial charge in [-0.25, -0.2) is 4.79 Å². The second-order valence-electron chi connectivity index (χ2n) is 12.8. The van der Waals surface area contributed by atoms with Crippen molar-refractivity contribution in [1.82, 2.24) is 4.90 Å². The van der Waals surface area contributed by atoms with Gasteiger partial charge in [0.2, 0.25) is 0 Å². The Hall–Kier alpha value is -2.71. The van der Waals surface area contributed by atoms with E-state index in [-0.39, 0.29) is 31.3 Å². The van der Waals surface area contributed by atoms with Gasteiger partial charge in [0.15, 0.2) is 6.29 Å². The topological polar surface area (TPSA) is 80.3 Å². The summed E-state index contributed by atoms with van der Waals surface area (Å²) in [5, 5.41) is 12.4. The standard InChI is InChI=1S/C39H60N2O5/c1-5-8-10-12-14-16-25-41(26-17-15-13-11-9-6-2)29-36-31(4)37(33-23-21-32(30-42)22-24-33)46-38(45-36)34-19-18-20-35(28-34)40-39(43)44-27-7-3/h7,18-24,28,31,36-38,42H,3,5-6,8-17,25-27,29-30H2,1-2,4H3,(H,40,43)/t31-,36+,37+,38+/m1/s1. The zero-order valence-corrected chi connectivity index (χ0v) is 28.8. The van der Waals surface area contributed by atoms with Gasteiger partial charge in [-0.15, -0.1) is 0 Å². The van der Waals surface area contributed by atoms with E-state index in [0.29, 0.717) is 5.69 Å². The number of unbranched alkanes of at least 4 members (excludes halogenated alkanes) is 10. The van der Waals surface area contributed by atoms with Crippen LogP contribution in [0.3, 0.4) is 0 Å². The maximum atomic E-state index is 12.2. The summed E-state index contributed by atoms with van der Waals surface area (Å²) >= 11 is 0. The van der Waals surface area contributed by atoms with Crippen molar-refractivity contribution in [3.8, 4) is 0 Å². The highest BCUT2D eigenvalue weighted by Gasteiger charge is 2.39. The maximum Gasteiger partial charge on any atom is 0.411 e. The normalized spacial score (nSPS) is 19.7. The molecule has 2 N–H and O–H groups in total. The van der Waals surface area contributed by atoms with Crippen LogP contribution in [0.2, 0.25) is 0 Å². The zero-order chi connectivity index (χ0) is 33.0. The maximum absolute atomic E-state index is 12.2. The molecule has 0 aliphatic carbocycles. The van der Waals surface area contributed by atoms with E-state index in [2.05, 4.69) is 49.7 Å². The van der Waals surface area contributed by atoms with Crippen LogP contribution in [0.4, 0.5) is 10.5 Å². The molecular formula is C39H60N2O5. The Morgan fingerprint density at radius 1 is 0.891 bits per heavy atom. The lowest BCUT2D eigenvalue weighted by Crippen LogP contribution is -2.45. The van der Waals surface area contributed by atoms with Crippen molar-refractivity contribution in [1.29, 1.82) is 0 Å². The van der Waals surface area contributed by atoms with E-state index in [9.17, 15) is 9.90 Å². The van der Waals surface area contributed by atoms with Crippen molar-refractivity contribution >= 4 is 11.8 Å². The molecule has 0 spiro atoms. The van der Waals surface area contributed by atoms with Crippen LogP contribution in [0, 0.1) is 5.92 Å². The van der Waals surface area contributed by atoms with Crippen LogP contribution in [0.1, 0.15) is 127 Å². The van der Waals surface area contributed by atoms with Gasteiger partial charge >= 0.3 is 6.09 Å². The number of amides is 1. The first-order valence-corrected chi connectivity index (χ1v) is 17.9. The number of carbonyl (C=O) groups excluding carboxylic acids is 1. The summed E-state index contributed by atoms with van der Waals surface area (Å²) in [6, 6.07) is 15.6. The summed E-state index contributed by atoms with van der Waals surface area (Å²) < 4.78 is 18.6. The van der Waals surface area contributed by atoms with E-state index in [1.54, 1.807) is 0 Å². The Morgan fingerprint density at radius 3 is 2.13 bits per heavy atom. The second kappa shape index (κ2) is 22.0. The third kappa shape index (κ3) is 13.2. The Balaban J connectivity index is 1.79. The molecule has 256 valence electrons. The molecule has 0 saturated carbocycles. The minimum absolute atomic E-state index is 0.0105. The summed E-state index contributed by atoms with van der Waals surface area (Å²) in [4.78, 5) is 14.8. The number of aliphatic hydroxyl groups excluding tert-OH is 1. The van der Waals surface area contributed by atoms with Crippen LogP contribution in [-0.4, -0.2) is 48.4 Å². The number of ether oxygens (including phenoxy) is 3. The van der Waals surface area contributed by atoms with Crippen molar-refractivity contribution in [2.75, 3.05) is 31.6 Å². The first-order chi connectivity index (χ1) is 22.5. The molecule has 1 saturated heterocycles. The van der Waals surface area contributed by atoms with Crippen molar-refractivity contribution in [3.05, 3.63) is 77.9 Å². The largest absolute Gasteiger partial charge is 0.445 e. The van der Waals surface area contributed by atoms with Gasteiger partial charge in [-0.3, -0.25) is 5.32 Å². The van der Waals surface area contributed by atoms with E-state index in [0.717, 1.165) is 36.3 Å². The third-order valence-corrected chi connectivity index (χ3v) is 8.95. The van der Waals surface area contributed by atoms with Crippen LogP contribution in [0.5, 0.6) is 0 Å². The van der Waals surface area contributed by atoms with Gasteiger partial charge in [0.25, 0.3) is 0 Å². The second-order valence-corrected chi connectivity index (χ2v) is 12.8. The summed E-state index contributed by atoms with van der Waals surface area (Å²) in [7, 11) is 0. The molecular weight excluding hydrogens is 576 g/mol. The van der Waals surface area contributed by atoms with Crippen LogP contribution >= 0.6 is 0 Å². The highest BCUT2D eigenvalue weighted by atomic mass is 16.7. The fraction of sp³-hybridized carbons (Fsp3) is 0.615. The smallest absolute Gasteiger partial charge is 0.411 e. The summed E-state index contributed by atoms with van der Waals surface area (Å²) in [6.07, 6.45) is 15.6. The van der Waals surface area contributed by atoms with Crippen LogP contribution < -0.4 is 5.32 Å². The third-order valence-electron chi connectivity index (χ3n) is 8.95. The predicted octanol–water partition coefficient (Wildman–Crippen LogP) is 9.73.